The molecule has 0 aliphatic heterocycles. The van der Waals surface area contributed by atoms with Crippen LogP contribution in [0.25, 0.3) is 0 Å². The Morgan fingerprint density at radius 3 is 2.00 bits per heavy atom. The van der Waals surface area contributed by atoms with Crippen molar-refractivity contribution in [2.45, 2.75) is 38.5 Å². The average molecular weight is 508 g/mol. The van der Waals surface area contributed by atoms with Gasteiger partial charge < -0.3 is 10.2 Å². The van der Waals surface area contributed by atoms with E-state index in [1.165, 1.54) is 12.1 Å². The molecule has 36 heavy (non-hydrogen) atoms. The van der Waals surface area contributed by atoms with Crippen molar-refractivity contribution in [2.24, 2.45) is 0 Å². The Bertz CT molecular complexity index is 1290. The number of amides is 2. The molecule has 0 aliphatic rings. The zero-order valence-corrected chi connectivity index (χ0v) is 22.0. The summed E-state index contributed by atoms with van der Waals surface area (Å²) in [6.07, 6.45) is 0. The van der Waals surface area contributed by atoms with Crippen molar-refractivity contribution < 1.29 is 18.0 Å². The van der Waals surface area contributed by atoms with Crippen LogP contribution in [0.3, 0.4) is 0 Å². The zero-order valence-electron chi connectivity index (χ0n) is 21.1. The second-order valence-corrected chi connectivity index (χ2v) is 10.5. The highest BCUT2D eigenvalue weighted by molar-refractivity contribution is 7.92. The lowest BCUT2D eigenvalue weighted by Gasteiger charge is -2.25. The molecule has 0 heterocycles. The number of nitrogens with zero attached hydrogens (tertiary/aromatic N) is 2. The maximum atomic E-state index is 13.6. The molecule has 0 fully saturated rings. The second kappa shape index (κ2) is 11.9. The van der Waals surface area contributed by atoms with Crippen molar-refractivity contribution in [3.63, 3.8) is 0 Å². The minimum atomic E-state index is -4.03. The van der Waals surface area contributed by atoms with Crippen LogP contribution in [0.4, 0.5) is 11.4 Å². The summed E-state index contributed by atoms with van der Waals surface area (Å²) >= 11 is 0. The monoisotopic (exact) mass is 507 g/mol. The summed E-state index contributed by atoms with van der Waals surface area (Å²) < 4.78 is 28.2. The number of nitrogens with one attached hydrogen (secondary N) is 1. The summed E-state index contributed by atoms with van der Waals surface area (Å²) in [6, 6.07) is 21.9. The predicted octanol–water partition coefficient (Wildman–Crippen LogP) is 5.13. The molecule has 0 atom stereocenters. The number of sulfonamides is 1. The van der Waals surface area contributed by atoms with Gasteiger partial charge in [0, 0.05) is 13.1 Å². The Hall–Kier alpha value is -3.65. The summed E-state index contributed by atoms with van der Waals surface area (Å²) in [4.78, 5) is 27.9. The molecule has 0 aliphatic carbocycles. The van der Waals surface area contributed by atoms with Crippen LogP contribution in [0.15, 0.2) is 83.8 Å². The van der Waals surface area contributed by atoms with Gasteiger partial charge in [-0.2, -0.15) is 0 Å². The maximum absolute atomic E-state index is 13.6. The van der Waals surface area contributed by atoms with E-state index < -0.39 is 22.5 Å². The van der Waals surface area contributed by atoms with Gasteiger partial charge in [-0.05, 0) is 61.7 Å². The molecular formula is C28H33N3O4S. The maximum Gasteiger partial charge on any atom is 0.264 e. The van der Waals surface area contributed by atoms with Crippen LogP contribution in [0, 0.1) is 0 Å². The lowest BCUT2D eigenvalue weighted by atomic mass is 10.0. The predicted molar refractivity (Wildman–Crippen MR) is 144 cm³/mol. The van der Waals surface area contributed by atoms with Crippen molar-refractivity contribution in [3.05, 3.63) is 90.0 Å². The Morgan fingerprint density at radius 1 is 0.833 bits per heavy atom. The Balaban J connectivity index is 1.94. The van der Waals surface area contributed by atoms with Gasteiger partial charge in [0.25, 0.3) is 15.9 Å². The van der Waals surface area contributed by atoms with Gasteiger partial charge >= 0.3 is 0 Å². The molecule has 3 rings (SSSR count). The largest absolute Gasteiger partial charge is 0.339 e. The smallest absolute Gasteiger partial charge is 0.264 e. The summed E-state index contributed by atoms with van der Waals surface area (Å²) in [7, 11) is -4.03. The molecular weight excluding hydrogens is 474 g/mol. The van der Waals surface area contributed by atoms with Gasteiger partial charge in [0.2, 0.25) is 5.91 Å². The Morgan fingerprint density at radius 2 is 1.42 bits per heavy atom. The lowest BCUT2D eigenvalue weighted by molar-refractivity contribution is -0.114. The molecule has 0 unspecified atom stereocenters. The molecule has 0 saturated heterocycles. The molecule has 0 spiro atoms. The highest BCUT2D eigenvalue weighted by Gasteiger charge is 2.28. The van der Waals surface area contributed by atoms with Gasteiger partial charge in [-0.3, -0.25) is 13.9 Å². The van der Waals surface area contributed by atoms with Crippen LogP contribution in [0.2, 0.25) is 0 Å². The number of rotatable bonds is 10. The van der Waals surface area contributed by atoms with E-state index in [1.807, 2.05) is 26.0 Å². The molecule has 0 radical (unpaired) electrons. The van der Waals surface area contributed by atoms with Crippen molar-refractivity contribution >= 4 is 33.2 Å². The Kier molecular flexibility index (Phi) is 8.88. The molecule has 2 amide bonds. The van der Waals surface area contributed by atoms with E-state index in [9.17, 15) is 18.0 Å². The van der Waals surface area contributed by atoms with Crippen LogP contribution < -0.4 is 9.62 Å². The number of carbonyl (C=O) groups is 2. The van der Waals surface area contributed by atoms with Gasteiger partial charge in [0.15, 0.2) is 0 Å². The molecule has 7 nitrogen and oxygen atoms in total. The molecule has 3 aromatic carbocycles. The molecule has 1 N–H and O–H groups in total. The van der Waals surface area contributed by atoms with E-state index >= 15 is 0 Å². The van der Waals surface area contributed by atoms with Crippen LogP contribution in [-0.2, 0) is 14.8 Å². The second-order valence-electron chi connectivity index (χ2n) is 8.64. The lowest BCUT2D eigenvalue weighted by Crippen LogP contribution is -2.38. The van der Waals surface area contributed by atoms with Gasteiger partial charge in [0.05, 0.1) is 21.8 Å². The fraction of sp³-hybridized carbons (Fsp3) is 0.286. The molecule has 0 saturated carbocycles. The summed E-state index contributed by atoms with van der Waals surface area (Å²) in [5.74, 6) is -0.474. The number of hydrogen-bond donors (Lipinski definition) is 1. The number of para-hydroxylation sites is 1. The fourth-order valence-electron chi connectivity index (χ4n) is 3.84. The first-order chi connectivity index (χ1) is 17.2. The highest BCUT2D eigenvalue weighted by Crippen LogP contribution is 2.26. The van der Waals surface area contributed by atoms with Gasteiger partial charge in [-0.25, -0.2) is 8.42 Å². The molecule has 8 heteroatoms. The first-order valence-electron chi connectivity index (χ1n) is 12.0. The van der Waals surface area contributed by atoms with Crippen molar-refractivity contribution in [3.8, 4) is 0 Å². The molecule has 3 aromatic rings. The van der Waals surface area contributed by atoms with E-state index in [-0.39, 0.29) is 16.7 Å². The number of hydrogen-bond acceptors (Lipinski definition) is 4. The molecule has 0 bridgehead atoms. The summed E-state index contributed by atoms with van der Waals surface area (Å²) in [5, 5.41) is 2.76. The van der Waals surface area contributed by atoms with Crippen molar-refractivity contribution in [1.29, 1.82) is 0 Å². The third kappa shape index (κ3) is 6.12. The summed E-state index contributed by atoms with van der Waals surface area (Å²) in [6.45, 7) is 8.50. The van der Waals surface area contributed by atoms with Crippen molar-refractivity contribution in [2.75, 3.05) is 29.3 Å². The average Bonchev–Trinajstić information content (AvgIpc) is 2.88. The summed E-state index contributed by atoms with van der Waals surface area (Å²) in [5.41, 5.74) is 2.13. The van der Waals surface area contributed by atoms with E-state index in [4.69, 9.17) is 0 Å². The van der Waals surface area contributed by atoms with E-state index in [1.54, 1.807) is 59.5 Å². The third-order valence-corrected chi connectivity index (χ3v) is 7.74. The zero-order chi connectivity index (χ0) is 26.3. The van der Waals surface area contributed by atoms with E-state index in [0.29, 0.717) is 30.0 Å². The number of anilines is 2. The first kappa shape index (κ1) is 26.9. The molecule has 0 aromatic heterocycles. The normalized spacial score (nSPS) is 11.2. The van der Waals surface area contributed by atoms with Gasteiger partial charge in [-0.15, -0.1) is 0 Å². The van der Waals surface area contributed by atoms with Gasteiger partial charge in [-0.1, -0.05) is 56.3 Å². The van der Waals surface area contributed by atoms with Crippen molar-refractivity contribution in [1.82, 2.24) is 4.90 Å². The standard InChI is InChI=1S/C28H33N3O4S/c1-5-30(6-2)28(33)25-14-10-11-15-26(25)29-27(32)20-31(23-18-16-22(17-19-23)21(3)4)36(34,35)24-12-8-7-9-13-24/h7-19,21H,5-6,20H2,1-4H3,(H,29,32). The first-order valence-corrected chi connectivity index (χ1v) is 13.5. The van der Waals surface area contributed by atoms with Gasteiger partial charge in [0.1, 0.15) is 6.54 Å². The third-order valence-electron chi connectivity index (χ3n) is 5.95. The SMILES string of the molecule is CCN(CC)C(=O)c1ccccc1NC(=O)CN(c1ccc(C(C)C)cc1)S(=O)(=O)c1ccccc1. The quantitative estimate of drug-likeness (QED) is 0.412. The molecule has 190 valence electrons. The van der Waals surface area contributed by atoms with Crippen LogP contribution in [-0.4, -0.2) is 44.8 Å². The van der Waals surface area contributed by atoms with Crippen LogP contribution in [0.1, 0.15) is 49.5 Å². The highest BCUT2D eigenvalue weighted by atomic mass is 32.2. The minimum absolute atomic E-state index is 0.0860. The number of benzene rings is 3. The Labute approximate surface area is 213 Å². The van der Waals surface area contributed by atoms with Crippen LogP contribution in [0.5, 0.6) is 0 Å². The topological polar surface area (TPSA) is 86.8 Å². The minimum Gasteiger partial charge on any atom is -0.339 e. The number of carbonyl (C=O) groups excluding carboxylic acids is 2. The van der Waals surface area contributed by atoms with E-state index in [0.717, 1.165) is 9.87 Å². The fourth-order valence-corrected chi connectivity index (χ4v) is 5.28. The van der Waals surface area contributed by atoms with Crippen LogP contribution >= 0.6 is 0 Å². The van der Waals surface area contributed by atoms with E-state index in [2.05, 4.69) is 19.2 Å².